The van der Waals surface area contributed by atoms with Crippen molar-refractivity contribution in [1.29, 1.82) is 0 Å². The van der Waals surface area contributed by atoms with Gasteiger partial charge in [-0.3, -0.25) is 4.79 Å². The van der Waals surface area contributed by atoms with Gasteiger partial charge in [0.2, 0.25) is 0 Å². The lowest BCUT2D eigenvalue weighted by atomic mass is 10.1. The zero-order valence-corrected chi connectivity index (χ0v) is 18.8. The Morgan fingerprint density at radius 1 is 1.00 bits per heavy atom. The molecule has 0 spiro atoms. The number of piperazine rings is 1. The molecule has 0 aliphatic carbocycles. The van der Waals surface area contributed by atoms with Crippen molar-refractivity contribution in [3.63, 3.8) is 0 Å². The molecule has 8 heteroatoms. The first-order chi connectivity index (χ1) is 16.0. The molecule has 0 N–H and O–H groups in total. The molecule has 0 saturated carbocycles. The maximum absolute atomic E-state index is 13.1. The van der Waals surface area contributed by atoms with Gasteiger partial charge in [-0.15, -0.1) is 10.2 Å². The van der Waals surface area contributed by atoms with Gasteiger partial charge < -0.3 is 19.3 Å². The van der Waals surface area contributed by atoms with Gasteiger partial charge in [-0.1, -0.05) is 6.07 Å². The molecule has 1 saturated heterocycles. The van der Waals surface area contributed by atoms with Gasteiger partial charge in [0.1, 0.15) is 17.3 Å². The Morgan fingerprint density at radius 3 is 2.39 bits per heavy atom. The van der Waals surface area contributed by atoms with Gasteiger partial charge >= 0.3 is 0 Å². The summed E-state index contributed by atoms with van der Waals surface area (Å²) in [6.07, 6.45) is -0.594. The number of nitrogens with zero attached hydrogens (tertiary/aromatic N) is 4. The van der Waals surface area contributed by atoms with E-state index in [4.69, 9.17) is 9.47 Å². The molecule has 2 heterocycles. The van der Waals surface area contributed by atoms with E-state index < -0.39 is 6.10 Å². The van der Waals surface area contributed by atoms with E-state index in [9.17, 15) is 9.18 Å². The molecule has 7 nitrogen and oxygen atoms in total. The fourth-order valence-corrected chi connectivity index (χ4v) is 3.74. The van der Waals surface area contributed by atoms with Crippen molar-refractivity contribution in [3.05, 3.63) is 66.5 Å². The van der Waals surface area contributed by atoms with Crippen LogP contribution in [-0.2, 0) is 4.79 Å². The zero-order valence-electron chi connectivity index (χ0n) is 18.8. The Labute approximate surface area is 192 Å². The predicted octanol–water partition coefficient (Wildman–Crippen LogP) is 3.80. The highest BCUT2D eigenvalue weighted by atomic mass is 19.1. The first kappa shape index (κ1) is 22.5. The fraction of sp³-hybridized carbons (Fsp3) is 0.320. The standard InChI is InChI=1S/C25H27FN4O3/c1-3-32-21-5-4-6-22(17-21)33-18(2)25(31)30-15-13-29(14-16-30)24-12-11-23(27-28-24)19-7-9-20(26)10-8-19/h4-12,17-18H,3,13-16H2,1-2H3. The van der Waals surface area contributed by atoms with Crippen LogP contribution >= 0.6 is 0 Å². The van der Waals surface area contributed by atoms with Crippen LogP contribution in [0.2, 0.25) is 0 Å². The maximum Gasteiger partial charge on any atom is 0.263 e. The minimum absolute atomic E-state index is 0.0470. The molecule has 1 fully saturated rings. The van der Waals surface area contributed by atoms with E-state index in [1.54, 1.807) is 25.1 Å². The number of benzene rings is 2. The summed E-state index contributed by atoms with van der Waals surface area (Å²) < 4.78 is 24.5. The number of rotatable bonds is 7. The summed E-state index contributed by atoms with van der Waals surface area (Å²) >= 11 is 0. The average Bonchev–Trinajstić information content (AvgIpc) is 2.85. The zero-order chi connectivity index (χ0) is 23.2. The lowest BCUT2D eigenvalue weighted by Gasteiger charge is -2.36. The summed E-state index contributed by atoms with van der Waals surface area (Å²) in [6.45, 7) is 6.72. The van der Waals surface area contributed by atoms with Crippen LogP contribution in [0.5, 0.6) is 11.5 Å². The summed E-state index contributed by atoms with van der Waals surface area (Å²) in [5.74, 6) is 1.75. The molecule has 33 heavy (non-hydrogen) atoms. The summed E-state index contributed by atoms with van der Waals surface area (Å²) in [6, 6.07) is 17.3. The van der Waals surface area contributed by atoms with Gasteiger partial charge in [-0.25, -0.2) is 4.39 Å². The van der Waals surface area contributed by atoms with Gasteiger partial charge in [0.15, 0.2) is 11.9 Å². The van der Waals surface area contributed by atoms with Gasteiger partial charge in [0.05, 0.1) is 12.3 Å². The van der Waals surface area contributed by atoms with Crippen LogP contribution in [0.1, 0.15) is 13.8 Å². The SMILES string of the molecule is CCOc1cccc(OC(C)C(=O)N2CCN(c3ccc(-c4ccc(F)cc4)nn3)CC2)c1. The summed E-state index contributed by atoms with van der Waals surface area (Å²) in [5.41, 5.74) is 1.50. The molecule has 1 aromatic heterocycles. The van der Waals surface area contributed by atoms with Gasteiger partial charge in [0.25, 0.3) is 5.91 Å². The minimum atomic E-state index is -0.594. The van der Waals surface area contributed by atoms with Crippen LogP contribution in [0.15, 0.2) is 60.7 Å². The predicted molar refractivity (Wildman–Crippen MR) is 124 cm³/mol. The quantitative estimate of drug-likeness (QED) is 0.546. The van der Waals surface area contributed by atoms with Crippen LogP contribution < -0.4 is 14.4 Å². The molecule has 2 aromatic carbocycles. The maximum atomic E-state index is 13.1. The van der Waals surface area contributed by atoms with E-state index in [0.29, 0.717) is 44.2 Å². The number of hydrogen-bond donors (Lipinski definition) is 0. The van der Waals surface area contributed by atoms with E-state index in [1.165, 1.54) is 12.1 Å². The second-order valence-corrected chi connectivity index (χ2v) is 7.76. The number of amides is 1. The topological polar surface area (TPSA) is 67.8 Å². The Kier molecular flexibility index (Phi) is 7.02. The third kappa shape index (κ3) is 5.58. The number of carbonyl (C=O) groups excluding carboxylic acids is 1. The number of aromatic nitrogens is 2. The van der Waals surface area contributed by atoms with E-state index in [-0.39, 0.29) is 11.7 Å². The van der Waals surface area contributed by atoms with E-state index in [1.807, 2.05) is 42.2 Å². The van der Waals surface area contributed by atoms with Crippen molar-refractivity contribution < 1.29 is 18.7 Å². The molecule has 3 aromatic rings. The normalized spacial score (nSPS) is 14.6. The van der Waals surface area contributed by atoms with E-state index in [0.717, 1.165) is 17.1 Å². The van der Waals surface area contributed by atoms with Crippen molar-refractivity contribution in [2.45, 2.75) is 20.0 Å². The lowest BCUT2D eigenvalue weighted by molar-refractivity contribution is -0.138. The molecule has 1 unspecified atom stereocenters. The number of carbonyl (C=O) groups is 1. The molecular formula is C25H27FN4O3. The summed E-state index contributed by atoms with van der Waals surface area (Å²) in [4.78, 5) is 16.8. The van der Waals surface area contributed by atoms with Crippen LogP contribution in [0.25, 0.3) is 11.3 Å². The van der Waals surface area contributed by atoms with Gasteiger partial charge in [-0.05, 0) is 62.4 Å². The Bertz CT molecular complexity index is 1070. The molecule has 4 rings (SSSR count). The highest BCUT2D eigenvalue weighted by Gasteiger charge is 2.26. The van der Waals surface area contributed by atoms with E-state index >= 15 is 0 Å². The lowest BCUT2D eigenvalue weighted by Crippen LogP contribution is -2.52. The first-order valence-electron chi connectivity index (χ1n) is 11.1. The van der Waals surface area contributed by atoms with Crippen LogP contribution in [0, 0.1) is 5.82 Å². The van der Waals surface area contributed by atoms with Crippen molar-refractivity contribution in [2.75, 3.05) is 37.7 Å². The van der Waals surface area contributed by atoms with Crippen molar-refractivity contribution in [1.82, 2.24) is 15.1 Å². The Hall–Kier alpha value is -3.68. The molecule has 0 radical (unpaired) electrons. The highest BCUT2D eigenvalue weighted by molar-refractivity contribution is 5.81. The number of hydrogen-bond acceptors (Lipinski definition) is 6. The average molecular weight is 451 g/mol. The number of anilines is 1. The first-order valence-corrected chi connectivity index (χ1v) is 11.1. The van der Waals surface area contributed by atoms with Crippen LogP contribution in [0.3, 0.4) is 0 Å². The van der Waals surface area contributed by atoms with Gasteiger partial charge in [-0.2, -0.15) is 0 Å². The monoisotopic (exact) mass is 450 g/mol. The third-order valence-electron chi connectivity index (χ3n) is 5.48. The Balaban J connectivity index is 1.31. The van der Waals surface area contributed by atoms with Crippen LogP contribution in [-0.4, -0.2) is 59.9 Å². The number of ether oxygens (including phenoxy) is 2. The van der Waals surface area contributed by atoms with Crippen molar-refractivity contribution in [3.8, 4) is 22.8 Å². The molecule has 1 aliphatic rings. The molecule has 172 valence electrons. The summed E-state index contributed by atoms with van der Waals surface area (Å²) in [5, 5.41) is 8.61. The summed E-state index contributed by atoms with van der Waals surface area (Å²) in [7, 11) is 0. The minimum Gasteiger partial charge on any atom is -0.494 e. The van der Waals surface area contributed by atoms with Crippen LogP contribution in [0.4, 0.5) is 10.2 Å². The molecule has 1 aliphatic heterocycles. The smallest absolute Gasteiger partial charge is 0.263 e. The molecular weight excluding hydrogens is 423 g/mol. The Morgan fingerprint density at radius 2 is 1.73 bits per heavy atom. The molecule has 1 atom stereocenters. The second kappa shape index (κ2) is 10.3. The largest absolute Gasteiger partial charge is 0.494 e. The molecule has 0 bridgehead atoms. The molecule has 1 amide bonds. The van der Waals surface area contributed by atoms with Crippen molar-refractivity contribution >= 4 is 11.7 Å². The fourth-order valence-electron chi connectivity index (χ4n) is 3.74. The van der Waals surface area contributed by atoms with Gasteiger partial charge in [0, 0.05) is 37.8 Å². The highest BCUT2D eigenvalue weighted by Crippen LogP contribution is 2.22. The number of halogens is 1. The third-order valence-corrected chi connectivity index (χ3v) is 5.48. The van der Waals surface area contributed by atoms with E-state index in [2.05, 4.69) is 15.1 Å². The second-order valence-electron chi connectivity index (χ2n) is 7.76. The van der Waals surface area contributed by atoms with Crippen molar-refractivity contribution in [2.24, 2.45) is 0 Å².